The summed E-state index contributed by atoms with van der Waals surface area (Å²) in [5.41, 5.74) is 2.44. The molecule has 1 aromatic carbocycles. The highest BCUT2D eigenvalue weighted by atomic mass is 19.4. The van der Waals surface area contributed by atoms with E-state index in [1.54, 1.807) is 6.07 Å². The van der Waals surface area contributed by atoms with E-state index >= 15 is 0 Å². The van der Waals surface area contributed by atoms with Crippen LogP contribution in [-0.2, 0) is 11.2 Å². The zero-order chi connectivity index (χ0) is 35.7. The molecule has 4 nitrogen and oxygen atoms in total. The molecule has 0 saturated heterocycles. The summed E-state index contributed by atoms with van der Waals surface area (Å²) < 4.78 is 118. The predicted molar refractivity (Wildman–Crippen MR) is 160 cm³/mol. The molecule has 2 saturated carbocycles. The number of halogens is 9. The van der Waals surface area contributed by atoms with Crippen molar-refractivity contribution in [3.05, 3.63) is 29.3 Å². The summed E-state index contributed by atoms with van der Waals surface area (Å²) in [6.07, 6.45) is 0.282. The van der Waals surface area contributed by atoms with Crippen molar-refractivity contribution in [2.24, 2.45) is 29.1 Å². The van der Waals surface area contributed by atoms with E-state index in [4.69, 9.17) is 0 Å². The fraction of sp³-hybridized carbons (Fsp3) is 0.800. The summed E-state index contributed by atoms with van der Waals surface area (Å²) in [4.78, 5) is 11.5. The number of aliphatic carboxylic acids is 1. The van der Waals surface area contributed by atoms with Crippen molar-refractivity contribution >= 4 is 5.97 Å². The topological polar surface area (TPSA) is 77.8 Å². The van der Waals surface area contributed by atoms with E-state index < -0.39 is 48.7 Å². The van der Waals surface area contributed by atoms with Crippen molar-refractivity contribution in [2.45, 2.75) is 146 Å². The second-order valence-corrected chi connectivity index (χ2v) is 14.8. The highest BCUT2D eigenvalue weighted by Crippen LogP contribution is 2.63. The lowest BCUT2D eigenvalue weighted by Gasteiger charge is -2.54. The van der Waals surface area contributed by atoms with Gasteiger partial charge >= 0.3 is 29.9 Å². The number of fused-ring (bicyclic) bond motifs is 5. The lowest BCUT2D eigenvalue weighted by Crippen LogP contribution is -2.60. The molecule has 3 N–H and O–H groups in total. The van der Waals surface area contributed by atoms with Gasteiger partial charge in [-0.05, 0) is 104 Å². The van der Waals surface area contributed by atoms with Crippen LogP contribution in [0.4, 0.5) is 39.5 Å². The zero-order valence-electron chi connectivity index (χ0n) is 27.2. The maximum Gasteiger partial charge on any atom is 0.460 e. The summed E-state index contributed by atoms with van der Waals surface area (Å²) in [5, 5.41) is 30.3. The first-order valence-electron chi connectivity index (χ1n) is 17.2. The van der Waals surface area contributed by atoms with E-state index in [1.807, 2.05) is 6.07 Å². The van der Waals surface area contributed by atoms with Crippen LogP contribution in [0.1, 0.15) is 120 Å². The molecule has 0 bridgehead atoms. The highest BCUT2D eigenvalue weighted by molar-refractivity contribution is 5.69. The zero-order valence-corrected chi connectivity index (χ0v) is 27.2. The minimum Gasteiger partial charge on any atom is -0.508 e. The molecule has 0 aromatic heterocycles. The number of carboxylic acid groups (broad SMARTS) is 1. The van der Waals surface area contributed by atoms with Gasteiger partial charge in [0.25, 0.3) is 0 Å². The van der Waals surface area contributed by atoms with Crippen molar-refractivity contribution in [1.29, 1.82) is 0 Å². The molecule has 7 atom stereocenters. The standard InChI is InChI=1S/C35H47F9O4/c1-31-20-23(29-25-14-12-24(45)19-22(25)11-13-26(29)27(31)15-16-28(31)46)10-8-6-4-2-3-5-7-9-21(30(47)48)17-18-32(36,37)33(38,39)34(40,41)35(42,43)44/h12,14,19,21,23,26-29,45-46H,2-11,13,15-18,20H2,1H3,(H,47,48)/t21?,23?,26?,27?,28?,29?,31-/m0/s1. The summed E-state index contributed by atoms with van der Waals surface area (Å²) in [6.45, 7) is 2.24. The molecule has 2 fully saturated rings. The minimum atomic E-state index is -6.98. The number of aliphatic hydroxyl groups excluding tert-OH is 1. The van der Waals surface area contributed by atoms with Crippen molar-refractivity contribution in [3.8, 4) is 5.75 Å². The maximum atomic E-state index is 13.9. The Morgan fingerprint density at radius 1 is 0.875 bits per heavy atom. The highest BCUT2D eigenvalue weighted by Gasteiger charge is 2.81. The predicted octanol–water partition coefficient (Wildman–Crippen LogP) is 10.3. The number of unbranched alkanes of at least 4 members (excludes halogenated alkanes) is 6. The van der Waals surface area contributed by atoms with Gasteiger partial charge in [0.05, 0.1) is 12.0 Å². The smallest absolute Gasteiger partial charge is 0.460 e. The van der Waals surface area contributed by atoms with Crippen LogP contribution in [0, 0.1) is 29.1 Å². The molecule has 0 spiro atoms. The van der Waals surface area contributed by atoms with E-state index in [0.717, 1.165) is 64.2 Å². The summed E-state index contributed by atoms with van der Waals surface area (Å²) in [7, 11) is 0. The Kier molecular flexibility index (Phi) is 11.7. The van der Waals surface area contributed by atoms with Crippen molar-refractivity contribution in [2.75, 3.05) is 0 Å². The van der Waals surface area contributed by atoms with Crippen LogP contribution >= 0.6 is 0 Å². The Balaban J connectivity index is 1.20. The van der Waals surface area contributed by atoms with Gasteiger partial charge in [-0.15, -0.1) is 0 Å². The van der Waals surface area contributed by atoms with Crippen LogP contribution in [0.5, 0.6) is 5.75 Å². The number of alkyl halides is 9. The Morgan fingerprint density at radius 2 is 1.50 bits per heavy atom. The second kappa shape index (κ2) is 14.6. The minimum absolute atomic E-state index is 0.0982. The molecule has 0 amide bonds. The molecule has 6 unspecified atom stereocenters. The third kappa shape index (κ3) is 7.60. The first-order valence-corrected chi connectivity index (χ1v) is 17.2. The van der Waals surface area contributed by atoms with Gasteiger partial charge in [-0.3, -0.25) is 4.79 Å². The molecule has 4 rings (SSSR count). The van der Waals surface area contributed by atoms with E-state index in [2.05, 4.69) is 13.0 Å². The third-order valence-corrected chi connectivity index (χ3v) is 11.8. The largest absolute Gasteiger partial charge is 0.508 e. The van der Waals surface area contributed by atoms with Crippen LogP contribution < -0.4 is 0 Å². The number of carboxylic acids is 1. The Bertz CT molecular complexity index is 1250. The molecule has 48 heavy (non-hydrogen) atoms. The number of carbonyl (C=O) groups is 1. The van der Waals surface area contributed by atoms with Crippen LogP contribution in [0.2, 0.25) is 0 Å². The lowest BCUT2D eigenvalue weighted by molar-refractivity contribution is -0.396. The molecule has 1 aromatic rings. The monoisotopic (exact) mass is 702 g/mol. The summed E-state index contributed by atoms with van der Waals surface area (Å²) in [5.74, 6) is -20.6. The molecule has 0 radical (unpaired) electrons. The van der Waals surface area contributed by atoms with Gasteiger partial charge < -0.3 is 15.3 Å². The SMILES string of the molecule is C[C@]12CC(CCCCCCCCCC(CCC(F)(F)C(F)(F)C(F)(F)C(F)(F)F)C(=O)O)C3c4ccc(O)cc4CCC3C1CCC2O. The lowest BCUT2D eigenvalue weighted by atomic mass is 9.51. The van der Waals surface area contributed by atoms with Gasteiger partial charge in [0, 0.05) is 6.42 Å². The fourth-order valence-electron chi connectivity index (χ4n) is 9.12. The van der Waals surface area contributed by atoms with E-state index in [0.29, 0.717) is 36.5 Å². The van der Waals surface area contributed by atoms with E-state index in [9.17, 15) is 59.6 Å². The number of phenols is 1. The van der Waals surface area contributed by atoms with Crippen LogP contribution in [0.3, 0.4) is 0 Å². The molecular weight excluding hydrogens is 655 g/mol. The Morgan fingerprint density at radius 3 is 2.12 bits per heavy atom. The van der Waals surface area contributed by atoms with E-state index in [1.165, 1.54) is 11.1 Å². The number of hydrogen-bond donors (Lipinski definition) is 3. The normalized spacial score (nSPS) is 28.4. The van der Waals surface area contributed by atoms with Gasteiger partial charge in [-0.1, -0.05) is 57.9 Å². The van der Waals surface area contributed by atoms with Gasteiger partial charge in [0.2, 0.25) is 0 Å². The molecule has 0 aliphatic heterocycles. The first kappa shape index (κ1) is 38.6. The molecule has 13 heteroatoms. The van der Waals surface area contributed by atoms with E-state index in [-0.39, 0.29) is 30.1 Å². The van der Waals surface area contributed by atoms with Gasteiger partial charge in [-0.2, -0.15) is 39.5 Å². The molecule has 3 aliphatic rings. The molecule has 0 heterocycles. The number of aromatic hydroxyl groups is 1. The number of aliphatic hydroxyl groups is 1. The number of benzene rings is 1. The summed E-state index contributed by atoms with van der Waals surface area (Å²) >= 11 is 0. The quantitative estimate of drug-likeness (QED) is 0.118. The van der Waals surface area contributed by atoms with Crippen molar-refractivity contribution in [1.82, 2.24) is 0 Å². The van der Waals surface area contributed by atoms with Crippen molar-refractivity contribution in [3.63, 3.8) is 0 Å². The first-order chi connectivity index (χ1) is 22.2. The van der Waals surface area contributed by atoms with Crippen LogP contribution in [0.25, 0.3) is 0 Å². The van der Waals surface area contributed by atoms with Gasteiger partial charge in [-0.25, -0.2) is 0 Å². The molecular formula is C35H47F9O4. The maximum absolute atomic E-state index is 13.9. The van der Waals surface area contributed by atoms with Crippen LogP contribution in [0.15, 0.2) is 18.2 Å². The number of phenolic OH excluding ortho intramolecular Hbond substituents is 1. The van der Waals surface area contributed by atoms with Crippen molar-refractivity contribution < 1.29 is 59.6 Å². The number of hydrogen-bond acceptors (Lipinski definition) is 3. The fourth-order valence-corrected chi connectivity index (χ4v) is 9.12. The third-order valence-electron chi connectivity index (χ3n) is 11.8. The molecule has 3 aliphatic carbocycles. The second-order valence-electron chi connectivity index (χ2n) is 14.8. The number of aryl methyl sites for hydroxylation is 1. The Hall–Kier alpha value is -2.18. The Labute approximate surface area is 275 Å². The van der Waals surface area contributed by atoms with Gasteiger partial charge in [0.15, 0.2) is 0 Å². The molecule has 274 valence electrons. The van der Waals surface area contributed by atoms with Gasteiger partial charge in [0.1, 0.15) is 5.75 Å². The summed E-state index contributed by atoms with van der Waals surface area (Å²) in [6, 6.07) is 5.72. The van der Waals surface area contributed by atoms with Crippen LogP contribution in [-0.4, -0.2) is 51.3 Å². The average Bonchev–Trinajstić information content (AvgIpc) is 3.29. The average molecular weight is 703 g/mol. The number of rotatable bonds is 16.